The third-order valence-electron chi connectivity index (χ3n) is 5.89. The average Bonchev–Trinajstić information content (AvgIpc) is 3.42. The van der Waals surface area contributed by atoms with E-state index in [0.717, 1.165) is 35.3 Å². The van der Waals surface area contributed by atoms with Crippen LogP contribution in [0.2, 0.25) is 0 Å². The van der Waals surface area contributed by atoms with Gasteiger partial charge in [0.25, 0.3) is 17.5 Å². The van der Waals surface area contributed by atoms with Crippen LogP contribution in [-0.2, 0) is 12.8 Å². The molecule has 2 aliphatic rings. The second-order valence-electron chi connectivity index (χ2n) is 7.70. The number of para-hydroxylation sites is 2. The largest absolute Gasteiger partial charge is 0.308 e. The normalized spacial score (nSPS) is 14.3. The lowest BCUT2D eigenvalue weighted by Gasteiger charge is -2.19. The molecule has 0 saturated carbocycles. The number of nitro groups is 1. The van der Waals surface area contributed by atoms with Gasteiger partial charge in [-0.2, -0.15) is 0 Å². The molecular formula is C24H19N3O4. The van der Waals surface area contributed by atoms with Crippen LogP contribution < -0.4 is 9.80 Å². The van der Waals surface area contributed by atoms with Crippen molar-refractivity contribution < 1.29 is 14.5 Å². The summed E-state index contributed by atoms with van der Waals surface area (Å²) in [6, 6.07) is 19.2. The molecule has 7 nitrogen and oxygen atoms in total. The molecule has 0 atom stereocenters. The maximum Gasteiger partial charge on any atom is 0.271 e. The van der Waals surface area contributed by atoms with E-state index in [-0.39, 0.29) is 28.6 Å². The van der Waals surface area contributed by atoms with Gasteiger partial charge in [0.1, 0.15) is 0 Å². The quantitative estimate of drug-likeness (QED) is 0.480. The second-order valence-corrected chi connectivity index (χ2v) is 7.70. The van der Waals surface area contributed by atoms with Crippen LogP contribution in [0.1, 0.15) is 31.8 Å². The lowest BCUT2D eigenvalue weighted by atomic mass is 10.1. The molecule has 7 heteroatoms. The fourth-order valence-corrected chi connectivity index (χ4v) is 4.37. The van der Waals surface area contributed by atoms with Gasteiger partial charge in [0, 0.05) is 47.7 Å². The number of benzene rings is 3. The smallest absolute Gasteiger partial charge is 0.271 e. The Labute approximate surface area is 178 Å². The monoisotopic (exact) mass is 413 g/mol. The Morgan fingerprint density at radius 3 is 1.65 bits per heavy atom. The number of fused-ring (bicyclic) bond motifs is 2. The summed E-state index contributed by atoms with van der Waals surface area (Å²) in [6.07, 6.45) is 1.46. The fraction of sp³-hybridized carbons (Fsp3) is 0.167. The van der Waals surface area contributed by atoms with Crippen LogP contribution >= 0.6 is 0 Å². The van der Waals surface area contributed by atoms with Gasteiger partial charge in [-0.3, -0.25) is 19.7 Å². The number of carbonyl (C=O) groups is 2. The number of amides is 2. The van der Waals surface area contributed by atoms with Crippen LogP contribution in [0.5, 0.6) is 0 Å². The van der Waals surface area contributed by atoms with Gasteiger partial charge in [0.2, 0.25) is 0 Å². The predicted octanol–water partition coefficient (Wildman–Crippen LogP) is 4.00. The Kier molecular flexibility index (Phi) is 4.51. The van der Waals surface area contributed by atoms with Gasteiger partial charge in [-0.25, -0.2) is 0 Å². The summed E-state index contributed by atoms with van der Waals surface area (Å²) < 4.78 is 0. The number of non-ortho nitro benzene ring substituents is 1. The SMILES string of the molecule is O=C(c1cc(C(=O)N2CCc3ccccc32)cc([N+](=O)[O-])c1)N1CCc2ccccc21. The molecule has 0 saturated heterocycles. The van der Waals surface area contributed by atoms with Crippen molar-refractivity contribution in [2.45, 2.75) is 12.8 Å². The van der Waals surface area contributed by atoms with Crippen LogP contribution in [0, 0.1) is 10.1 Å². The van der Waals surface area contributed by atoms with Gasteiger partial charge in [-0.15, -0.1) is 0 Å². The van der Waals surface area contributed by atoms with E-state index in [0.29, 0.717) is 13.1 Å². The Morgan fingerprint density at radius 1 is 0.742 bits per heavy atom. The van der Waals surface area contributed by atoms with Crippen molar-refractivity contribution in [3.05, 3.63) is 99.1 Å². The summed E-state index contributed by atoms with van der Waals surface area (Å²) in [5, 5.41) is 11.5. The highest BCUT2D eigenvalue weighted by Gasteiger charge is 2.30. The lowest BCUT2D eigenvalue weighted by Crippen LogP contribution is -2.31. The predicted molar refractivity (Wildman–Crippen MR) is 117 cm³/mol. The third kappa shape index (κ3) is 3.24. The van der Waals surface area contributed by atoms with Crippen molar-refractivity contribution in [1.29, 1.82) is 0 Å². The minimum Gasteiger partial charge on any atom is -0.308 e. The molecule has 0 spiro atoms. The van der Waals surface area contributed by atoms with E-state index in [4.69, 9.17) is 0 Å². The summed E-state index contributed by atoms with van der Waals surface area (Å²) in [4.78, 5) is 40.7. The zero-order chi connectivity index (χ0) is 21.5. The average molecular weight is 413 g/mol. The van der Waals surface area contributed by atoms with Gasteiger partial charge in [-0.1, -0.05) is 36.4 Å². The summed E-state index contributed by atoms with van der Waals surface area (Å²) in [6.45, 7) is 1.01. The van der Waals surface area contributed by atoms with Crippen LogP contribution in [0.25, 0.3) is 0 Å². The Balaban J connectivity index is 1.52. The standard InChI is InChI=1S/C24H19N3O4/c28-23(25-11-9-16-5-1-3-7-21(16)25)18-13-19(15-20(14-18)27(30)31)24(29)26-12-10-17-6-2-4-8-22(17)26/h1-8,13-15H,9-12H2. The number of hydrogen-bond acceptors (Lipinski definition) is 4. The second kappa shape index (κ2) is 7.36. The van der Waals surface area contributed by atoms with Gasteiger partial charge in [0.05, 0.1) is 4.92 Å². The molecule has 2 amide bonds. The van der Waals surface area contributed by atoms with Crippen LogP contribution in [0.4, 0.5) is 17.1 Å². The van der Waals surface area contributed by atoms with E-state index in [9.17, 15) is 19.7 Å². The van der Waals surface area contributed by atoms with Crippen LogP contribution in [0.15, 0.2) is 66.7 Å². The topological polar surface area (TPSA) is 83.8 Å². The molecule has 2 aliphatic heterocycles. The number of carbonyl (C=O) groups excluding carboxylic acids is 2. The molecule has 0 bridgehead atoms. The minimum atomic E-state index is -0.566. The molecule has 3 aromatic carbocycles. The first-order valence-electron chi connectivity index (χ1n) is 10.1. The molecule has 154 valence electrons. The van der Waals surface area contributed by atoms with E-state index in [2.05, 4.69) is 0 Å². The van der Waals surface area contributed by atoms with E-state index in [1.807, 2.05) is 48.5 Å². The van der Waals surface area contributed by atoms with Crippen molar-refractivity contribution in [3.8, 4) is 0 Å². The molecule has 2 heterocycles. The van der Waals surface area contributed by atoms with E-state index in [1.54, 1.807) is 9.80 Å². The molecule has 0 aliphatic carbocycles. The number of hydrogen-bond donors (Lipinski definition) is 0. The highest BCUT2D eigenvalue weighted by Crippen LogP contribution is 2.32. The number of rotatable bonds is 3. The number of anilines is 2. The fourth-order valence-electron chi connectivity index (χ4n) is 4.37. The van der Waals surface area contributed by atoms with Crippen molar-refractivity contribution in [2.24, 2.45) is 0 Å². The van der Waals surface area contributed by atoms with Crippen molar-refractivity contribution in [1.82, 2.24) is 0 Å². The van der Waals surface area contributed by atoms with E-state index >= 15 is 0 Å². The highest BCUT2D eigenvalue weighted by atomic mass is 16.6. The van der Waals surface area contributed by atoms with Crippen LogP contribution in [0.3, 0.4) is 0 Å². The molecular weight excluding hydrogens is 394 g/mol. The van der Waals surface area contributed by atoms with Gasteiger partial charge < -0.3 is 9.80 Å². The number of nitro benzene ring substituents is 1. The molecule has 0 N–H and O–H groups in total. The van der Waals surface area contributed by atoms with E-state index < -0.39 is 4.92 Å². The first kappa shape index (κ1) is 19.0. The minimum absolute atomic E-state index is 0.140. The summed E-state index contributed by atoms with van der Waals surface area (Å²) in [7, 11) is 0. The zero-order valence-electron chi connectivity index (χ0n) is 16.7. The molecule has 0 unspecified atom stereocenters. The molecule has 0 radical (unpaired) electrons. The van der Waals surface area contributed by atoms with Gasteiger partial charge >= 0.3 is 0 Å². The maximum absolute atomic E-state index is 13.3. The van der Waals surface area contributed by atoms with E-state index in [1.165, 1.54) is 18.2 Å². The van der Waals surface area contributed by atoms with Crippen molar-refractivity contribution in [2.75, 3.05) is 22.9 Å². The van der Waals surface area contributed by atoms with Gasteiger partial charge in [0.15, 0.2) is 0 Å². The molecule has 0 aromatic heterocycles. The molecule has 31 heavy (non-hydrogen) atoms. The summed E-state index contributed by atoms with van der Waals surface area (Å²) in [5.41, 5.74) is 3.75. The maximum atomic E-state index is 13.3. The lowest BCUT2D eigenvalue weighted by molar-refractivity contribution is -0.384. The summed E-state index contributed by atoms with van der Waals surface area (Å²) >= 11 is 0. The highest BCUT2D eigenvalue weighted by molar-refractivity contribution is 6.12. The first-order chi connectivity index (χ1) is 15.0. The van der Waals surface area contributed by atoms with Gasteiger partial charge in [-0.05, 0) is 42.2 Å². The first-order valence-corrected chi connectivity index (χ1v) is 10.1. The molecule has 0 fully saturated rings. The Hall–Kier alpha value is -4.00. The Bertz CT molecular complexity index is 1150. The van der Waals surface area contributed by atoms with Crippen molar-refractivity contribution >= 4 is 28.9 Å². The summed E-state index contributed by atoms with van der Waals surface area (Å²) in [5.74, 6) is -0.686. The molecule has 3 aromatic rings. The Morgan fingerprint density at radius 2 is 1.19 bits per heavy atom. The van der Waals surface area contributed by atoms with Crippen LogP contribution in [-0.4, -0.2) is 29.8 Å². The number of nitrogens with zero attached hydrogens (tertiary/aromatic N) is 3. The third-order valence-corrected chi connectivity index (χ3v) is 5.89. The zero-order valence-corrected chi connectivity index (χ0v) is 16.7. The molecule has 5 rings (SSSR count). The van der Waals surface area contributed by atoms with Crippen molar-refractivity contribution in [3.63, 3.8) is 0 Å².